The first-order chi connectivity index (χ1) is 7.79. The Bertz CT molecular complexity index is 438. The van der Waals surface area contributed by atoms with E-state index in [1.807, 2.05) is 24.7 Å². The van der Waals surface area contributed by atoms with E-state index in [4.69, 9.17) is 5.11 Å². The molecule has 86 valence electrons. The molecule has 2 heterocycles. The summed E-state index contributed by atoms with van der Waals surface area (Å²) < 4.78 is 1.77. The summed E-state index contributed by atoms with van der Waals surface area (Å²) in [6.45, 7) is 3.28. The molecule has 16 heavy (non-hydrogen) atoms. The number of aliphatic hydroxyl groups is 1. The summed E-state index contributed by atoms with van der Waals surface area (Å²) in [7, 11) is 0. The van der Waals surface area contributed by atoms with Gasteiger partial charge < -0.3 is 10.4 Å². The fourth-order valence-corrected chi connectivity index (χ4v) is 1.99. The van der Waals surface area contributed by atoms with Crippen LogP contribution in [0.1, 0.15) is 10.6 Å². The maximum atomic E-state index is 8.91. The van der Waals surface area contributed by atoms with Crippen LogP contribution >= 0.6 is 11.3 Å². The van der Waals surface area contributed by atoms with Gasteiger partial charge in [0.1, 0.15) is 5.82 Å². The number of rotatable bonds is 5. The zero-order valence-corrected chi connectivity index (χ0v) is 9.87. The molecule has 0 aliphatic heterocycles. The van der Waals surface area contributed by atoms with Crippen molar-refractivity contribution in [2.24, 2.45) is 0 Å². The summed E-state index contributed by atoms with van der Waals surface area (Å²) in [4.78, 5) is 5.19. The van der Waals surface area contributed by atoms with Gasteiger partial charge in [-0.05, 0) is 6.92 Å². The van der Waals surface area contributed by atoms with Crippen molar-refractivity contribution in [2.75, 3.05) is 11.9 Å². The average Bonchev–Trinajstić information content (AvgIpc) is 2.86. The summed E-state index contributed by atoms with van der Waals surface area (Å²) in [6.07, 6.45) is 1.84. The molecule has 2 aromatic heterocycles. The zero-order chi connectivity index (χ0) is 11.4. The molecule has 0 aliphatic carbocycles. The van der Waals surface area contributed by atoms with Gasteiger partial charge in [0, 0.05) is 17.1 Å². The van der Waals surface area contributed by atoms with Crippen molar-refractivity contribution in [2.45, 2.75) is 20.0 Å². The van der Waals surface area contributed by atoms with Crippen LogP contribution in [0.3, 0.4) is 0 Å². The lowest BCUT2D eigenvalue weighted by molar-refractivity contribution is 0.270. The fraction of sp³-hybridized carbons (Fsp3) is 0.400. The fourth-order valence-electron chi connectivity index (χ4n) is 1.46. The highest BCUT2D eigenvalue weighted by Gasteiger charge is 2.04. The van der Waals surface area contributed by atoms with E-state index in [2.05, 4.69) is 15.4 Å². The number of anilines is 1. The smallest absolute Gasteiger partial charge is 0.124 e. The van der Waals surface area contributed by atoms with E-state index in [-0.39, 0.29) is 6.61 Å². The molecular formula is C10H14N4OS. The Morgan fingerprint density at radius 2 is 2.44 bits per heavy atom. The van der Waals surface area contributed by atoms with Crippen LogP contribution in [0.2, 0.25) is 0 Å². The van der Waals surface area contributed by atoms with Crippen LogP contribution in [0.25, 0.3) is 0 Å². The molecule has 0 atom stereocenters. The molecule has 0 fully saturated rings. The van der Waals surface area contributed by atoms with Crippen molar-refractivity contribution in [3.05, 3.63) is 28.3 Å². The van der Waals surface area contributed by atoms with E-state index in [0.29, 0.717) is 6.54 Å². The average molecular weight is 238 g/mol. The molecule has 0 saturated heterocycles. The van der Waals surface area contributed by atoms with Crippen molar-refractivity contribution in [1.29, 1.82) is 0 Å². The number of aliphatic hydroxyl groups excluding tert-OH is 1. The summed E-state index contributed by atoms with van der Waals surface area (Å²) in [6, 6.07) is 1.97. The summed E-state index contributed by atoms with van der Waals surface area (Å²) in [5.74, 6) is 0.931. The largest absolute Gasteiger partial charge is 0.394 e. The minimum absolute atomic E-state index is 0.0936. The van der Waals surface area contributed by atoms with Gasteiger partial charge in [-0.15, -0.1) is 11.3 Å². The predicted molar refractivity (Wildman–Crippen MR) is 63.5 cm³/mol. The molecule has 0 aliphatic rings. The number of hydrogen-bond donors (Lipinski definition) is 2. The van der Waals surface area contributed by atoms with Gasteiger partial charge in [-0.3, -0.25) is 4.98 Å². The number of aryl methyl sites for hydroxylation is 1. The highest BCUT2D eigenvalue weighted by Crippen LogP contribution is 2.13. The van der Waals surface area contributed by atoms with Crippen molar-refractivity contribution in [1.82, 2.24) is 14.8 Å². The molecule has 0 spiro atoms. The molecular weight excluding hydrogens is 224 g/mol. The molecule has 0 unspecified atom stereocenters. The lowest BCUT2D eigenvalue weighted by atomic mass is 10.4. The second-order valence-corrected chi connectivity index (χ2v) is 4.41. The Labute approximate surface area is 97.8 Å². The molecule has 0 saturated carbocycles. The van der Waals surface area contributed by atoms with Crippen molar-refractivity contribution < 1.29 is 5.11 Å². The first kappa shape index (κ1) is 11.1. The molecule has 0 aromatic carbocycles. The van der Waals surface area contributed by atoms with Crippen molar-refractivity contribution >= 4 is 17.2 Å². The van der Waals surface area contributed by atoms with E-state index >= 15 is 0 Å². The summed E-state index contributed by atoms with van der Waals surface area (Å²) in [5.41, 5.74) is 2.76. The van der Waals surface area contributed by atoms with E-state index in [9.17, 15) is 0 Å². The first-order valence-electron chi connectivity index (χ1n) is 5.06. The van der Waals surface area contributed by atoms with Gasteiger partial charge in [0.05, 0.1) is 30.9 Å². The van der Waals surface area contributed by atoms with Crippen molar-refractivity contribution in [3.63, 3.8) is 0 Å². The molecule has 5 nitrogen and oxygen atoms in total. The van der Waals surface area contributed by atoms with Gasteiger partial charge in [-0.25, -0.2) is 4.68 Å². The second-order valence-electron chi connectivity index (χ2n) is 3.44. The summed E-state index contributed by atoms with van der Waals surface area (Å²) in [5, 5.41) is 16.5. The number of aromatic nitrogens is 3. The minimum atomic E-state index is 0.0936. The second kappa shape index (κ2) is 5.09. The van der Waals surface area contributed by atoms with Gasteiger partial charge in [0.2, 0.25) is 0 Å². The molecule has 6 heteroatoms. The lowest BCUT2D eigenvalue weighted by Crippen LogP contribution is -2.09. The molecule has 0 radical (unpaired) electrons. The van der Waals surface area contributed by atoms with Crippen LogP contribution in [0, 0.1) is 6.92 Å². The van der Waals surface area contributed by atoms with Gasteiger partial charge >= 0.3 is 0 Å². The quantitative estimate of drug-likeness (QED) is 0.823. The van der Waals surface area contributed by atoms with E-state index in [1.165, 1.54) is 4.88 Å². The number of nitrogens with one attached hydrogen (secondary N) is 1. The predicted octanol–water partition coefficient (Wildman–Crippen LogP) is 1.25. The molecule has 2 aromatic rings. The van der Waals surface area contributed by atoms with Crippen LogP contribution in [-0.2, 0) is 13.1 Å². The van der Waals surface area contributed by atoms with Crippen LogP contribution < -0.4 is 5.32 Å². The third-order valence-corrected chi connectivity index (χ3v) is 2.92. The Hall–Kier alpha value is -1.40. The minimum Gasteiger partial charge on any atom is -0.394 e. The number of thiazole rings is 1. The maximum Gasteiger partial charge on any atom is 0.124 e. The highest BCUT2D eigenvalue weighted by atomic mass is 32.1. The molecule has 2 rings (SSSR count). The third-order valence-electron chi connectivity index (χ3n) is 2.14. The van der Waals surface area contributed by atoms with E-state index in [1.54, 1.807) is 16.0 Å². The van der Waals surface area contributed by atoms with Gasteiger partial charge in [-0.1, -0.05) is 0 Å². The normalized spacial score (nSPS) is 10.6. The van der Waals surface area contributed by atoms with Crippen LogP contribution in [0.5, 0.6) is 0 Å². The van der Waals surface area contributed by atoms with Crippen LogP contribution in [0.4, 0.5) is 5.82 Å². The maximum absolute atomic E-state index is 8.91. The standard InChI is InChI=1S/C10H14N4OS/c1-8-4-10(14(13-8)2-3-15)12-6-9-5-11-7-16-9/h4-5,7,12,15H,2-3,6H2,1H3. The van der Waals surface area contributed by atoms with Gasteiger partial charge in [0.25, 0.3) is 0 Å². The molecule has 2 N–H and O–H groups in total. The lowest BCUT2D eigenvalue weighted by Gasteiger charge is -2.06. The third kappa shape index (κ3) is 2.59. The molecule has 0 amide bonds. The first-order valence-corrected chi connectivity index (χ1v) is 5.94. The van der Waals surface area contributed by atoms with Gasteiger partial charge in [-0.2, -0.15) is 5.10 Å². The van der Waals surface area contributed by atoms with E-state index in [0.717, 1.165) is 18.1 Å². The zero-order valence-electron chi connectivity index (χ0n) is 9.05. The SMILES string of the molecule is Cc1cc(NCc2cncs2)n(CCO)n1. The Morgan fingerprint density at radius 3 is 3.12 bits per heavy atom. The van der Waals surface area contributed by atoms with Crippen molar-refractivity contribution in [3.8, 4) is 0 Å². The van der Waals surface area contributed by atoms with Crippen LogP contribution in [0.15, 0.2) is 17.8 Å². The number of hydrogen-bond acceptors (Lipinski definition) is 5. The van der Waals surface area contributed by atoms with E-state index < -0.39 is 0 Å². The Kier molecular flexibility index (Phi) is 3.53. The summed E-state index contributed by atoms with van der Waals surface area (Å²) >= 11 is 1.62. The highest BCUT2D eigenvalue weighted by molar-refractivity contribution is 7.09. The Balaban J connectivity index is 2.02. The van der Waals surface area contributed by atoms with Gasteiger partial charge in [0.15, 0.2) is 0 Å². The molecule has 0 bridgehead atoms. The Morgan fingerprint density at radius 1 is 1.56 bits per heavy atom. The topological polar surface area (TPSA) is 63.0 Å². The number of nitrogens with zero attached hydrogens (tertiary/aromatic N) is 3. The van der Waals surface area contributed by atoms with Crippen LogP contribution in [-0.4, -0.2) is 26.5 Å². The monoisotopic (exact) mass is 238 g/mol.